The van der Waals surface area contributed by atoms with Crippen LogP contribution in [0.4, 0.5) is 0 Å². The van der Waals surface area contributed by atoms with Crippen molar-refractivity contribution < 1.29 is 9.90 Å². The highest BCUT2D eigenvalue weighted by Crippen LogP contribution is 1.97. The molecule has 0 aromatic heterocycles. The van der Waals surface area contributed by atoms with Gasteiger partial charge >= 0.3 is 5.97 Å². The molecule has 1 unspecified atom stereocenters. The van der Waals surface area contributed by atoms with Crippen LogP contribution in [-0.4, -0.2) is 42.7 Å². The molecule has 7 nitrogen and oxygen atoms in total. The predicted molar refractivity (Wildman–Crippen MR) is 58.4 cm³/mol. The molecule has 0 saturated carbocycles. The van der Waals surface area contributed by atoms with E-state index in [4.69, 9.17) is 22.3 Å². The number of nitrogens with one attached hydrogen (secondary N) is 1. The van der Waals surface area contributed by atoms with Crippen molar-refractivity contribution in [2.75, 3.05) is 19.6 Å². The number of aliphatic imine (C=N–C) groups is 1. The van der Waals surface area contributed by atoms with Crippen LogP contribution in [0.3, 0.4) is 0 Å². The molecule has 0 aliphatic carbocycles. The quantitative estimate of drug-likeness (QED) is 0.182. The predicted octanol–water partition coefficient (Wildman–Crippen LogP) is -1.96. The van der Waals surface area contributed by atoms with Gasteiger partial charge in [-0.1, -0.05) is 0 Å². The third kappa shape index (κ3) is 7.71. The molecule has 0 bridgehead atoms. The number of guanidine groups is 1. The minimum Gasteiger partial charge on any atom is -0.480 e. The van der Waals surface area contributed by atoms with Crippen molar-refractivity contribution in [3.63, 3.8) is 0 Å². The number of hydrogen-bond donors (Lipinski definition) is 5. The van der Waals surface area contributed by atoms with Crippen LogP contribution in [0.2, 0.25) is 0 Å². The number of carboxylic acid groups (broad SMARTS) is 1. The molecular formula is C8H19N5O2. The summed E-state index contributed by atoms with van der Waals surface area (Å²) >= 11 is 0. The fourth-order valence-electron chi connectivity index (χ4n) is 1.07. The van der Waals surface area contributed by atoms with Gasteiger partial charge in [0.15, 0.2) is 5.96 Å². The number of rotatable bonds is 8. The van der Waals surface area contributed by atoms with Crippen LogP contribution < -0.4 is 22.5 Å². The molecule has 0 amide bonds. The summed E-state index contributed by atoms with van der Waals surface area (Å²) in [6.45, 7) is 1.34. The average Bonchev–Trinajstić information content (AvgIpc) is 2.15. The van der Waals surface area contributed by atoms with Gasteiger partial charge in [-0.2, -0.15) is 0 Å². The standard InChI is InChI=1S/C8H19N5O2/c9-3-5-12-6(7(14)15)2-1-4-13-8(10)11/h6,12H,1-5,9H2,(H,14,15)(H4,10,11,13). The second kappa shape index (κ2) is 8.01. The lowest BCUT2D eigenvalue weighted by Crippen LogP contribution is -2.39. The molecule has 0 aliphatic heterocycles. The largest absolute Gasteiger partial charge is 0.480 e. The number of nitrogens with two attached hydrogens (primary N) is 3. The van der Waals surface area contributed by atoms with Crippen LogP contribution in [0.15, 0.2) is 4.99 Å². The Kier molecular flexibility index (Phi) is 7.29. The summed E-state index contributed by atoms with van der Waals surface area (Å²) < 4.78 is 0. The third-order valence-electron chi connectivity index (χ3n) is 1.78. The molecule has 0 aliphatic rings. The van der Waals surface area contributed by atoms with Gasteiger partial charge in [0.25, 0.3) is 0 Å². The van der Waals surface area contributed by atoms with Gasteiger partial charge in [-0.05, 0) is 12.8 Å². The second-order valence-corrected chi connectivity index (χ2v) is 3.08. The monoisotopic (exact) mass is 217 g/mol. The zero-order valence-electron chi connectivity index (χ0n) is 8.65. The molecule has 8 N–H and O–H groups in total. The Morgan fingerprint density at radius 2 is 2.13 bits per heavy atom. The van der Waals surface area contributed by atoms with Gasteiger partial charge in [-0.25, -0.2) is 0 Å². The van der Waals surface area contributed by atoms with Gasteiger partial charge in [0.1, 0.15) is 6.04 Å². The fourth-order valence-corrected chi connectivity index (χ4v) is 1.07. The van der Waals surface area contributed by atoms with Crippen molar-refractivity contribution in [2.45, 2.75) is 18.9 Å². The average molecular weight is 217 g/mol. The number of nitrogens with zero attached hydrogens (tertiary/aromatic N) is 1. The van der Waals surface area contributed by atoms with Crippen molar-refractivity contribution in [1.29, 1.82) is 0 Å². The van der Waals surface area contributed by atoms with E-state index >= 15 is 0 Å². The number of carbonyl (C=O) groups is 1. The van der Waals surface area contributed by atoms with Crippen molar-refractivity contribution in [3.05, 3.63) is 0 Å². The number of aliphatic carboxylic acids is 1. The van der Waals surface area contributed by atoms with Gasteiger partial charge in [-0.3, -0.25) is 9.79 Å². The Balaban J connectivity index is 3.76. The SMILES string of the molecule is NCCNC(CCCN=C(N)N)C(=O)O. The topological polar surface area (TPSA) is 140 Å². The summed E-state index contributed by atoms with van der Waals surface area (Å²) in [4.78, 5) is 14.5. The van der Waals surface area contributed by atoms with Crippen molar-refractivity contribution in [2.24, 2.45) is 22.2 Å². The summed E-state index contributed by atoms with van der Waals surface area (Å²) in [6.07, 6.45) is 1.10. The van der Waals surface area contributed by atoms with Gasteiger partial charge in [0.2, 0.25) is 0 Å². The van der Waals surface area contributed by atoms with E-state index in [9.17, 15) is 4.79 Å². The van der Waals surface area contributed by atoms with Crippen LogP contribution in [0.25, 0.3) is 0 Å². The van der Waals surface area contributed by atoms with E-state index in [1.807, 2.05) is 0 Å². The molecule has 0 saturated heterocycles. The number of hydrogen-bond acceptors (Lipinski definition) is 4. The Morgan fingerprint density at radius 3 is 2.60 bits per heavy atom. The highest BCUT2D eigenvalue weighted by Gasteiger charge is 2.14. The molecule has 0 rings (SSSR count). The molecule has 15 heavy (non-hydrogen) atoms. The second-order valence-electron chi connectivity index (χ2n) is 3.08. The molecule has 0 fully saturated rings. The first-order valence-corrected chi connectivity index (χ1v) is 4.79. The summed E-state index contributed by atoms with van der Waals surface area (Å²) in [5.41, 5.74) is 15.5. The van der Waals surface area contributed by atoms with Gasteiger partial charge in [0.05, 0.1) is 0 Å². The van der Waals surface area contributed by atoms with Crippen LogP contribution in [0, 0.1) is 0 Å². The molecule has 88 valence electrons. The Bertz CT molecular complexity index is 215. The van der Waals surface area contributed by atoms with Gasteiger partial charge in [0, 0.05) is 19.6 Å². The molecule has 1 atom stereocenters. The van der Waals surface area contributed by atoms with Crippen LogP contribution in [-0.2, 0) is 4.79 Å². The summed E-state index contributed by atoms with van der Waals surface area (Å²) in [5.74, 6) is -0.857. The molecular weight excluding hydrogens is 198 g/mol. The first-order chi connectivity index (χ1) is 7.07. The first-order valence-electron chi connectivity index (χ1n) is 4.79. The van der Waals surface area contributed by atoms with Crippen molar-refractivity contribution in [1.82, 2.24) is 5.32 Å². The van der Waals surface area contributed by atoms with Gasteiger partial charge in [-0.15, -0.1) is 0 Å². The molecule has 0 heterocycles. The normalized spacial score (nSPS) is 12.1. The van der Waals surface area contributed by atoms with Crippen molar-refractivity contribution >= 4 is 11.9 Å². The van der Waals surface area contributed by atoms with E-state index in [0.717, 1.165) is 0 Å². The Hall–Kier alpha value is -1.34. The Morgan fingerprint density at radius 1 is 1.47 bits per heavy atom. The lowest BCUT2D eigenvalue weighted by atomic mass is 10.1. The Labute approximate surface area is 88.7 Å². The van der Waals surface area contributed by atoms with E-state index in [-0.39, 0.29) is 5.96 Å². The highest BCUT2D eigenvalue weighted by molar-refractivity contribution is 5.75. The van der Waals surface area contributed by atoms with Crippen molar-refractivity contribution in [3.8, 4) is 0 Å². The zero-order valence-corrected chi connectivity index (χ0v) is 8.65. The maximum Gasteiger partial charge on any atom is 0.320 e. The minimum absolute atomic E-state index is 0.0248. The fraction of sp³-hybridized carbons (Fsp3) is 0.750. The minimum atomic E-state index is -0.881. The summed E-state index contributed by atoms with van der Waals surface area (Å²) in [6, 6.07) is -0.581. The van der Waals surface area contributed by atoms with Crippen LogP contribution in [0.5, 0.6) is 0 Å². The van der Waals surface area contributed by atoms with Gasteiger partial charge < -0.3 is 27.6 Å². The van der Waals surface area contributed by atoms with E-state index in [0.29, 0.717) is 32.5 Å². The van der Waals surface area contributed by atoms with Crippen LogP contribution in [0.1, 0.15) is 12.8 Å². The molecule has 0 radical (unpaired) electrons. The zero-order chi connectivity index (χ0) is 11.7. The van der Waals surface area contributed by atoms with E-state index in [2.05, 4.69) is 10.3 Å². The van der Waals surface area contributed by atoms with E-state index in [1.54, 1.807) is 0 Å². The third-order valence-corrected chi connectivity index (χ3v) is 1.78. The number of carboxylic acids is 1. The lowest BCUT2D eigenvalue weighted by molar-refractivity contribution is -0.139. The molecule has 0 aromatic rings. The maximum absolute atomic E-state index is 10.7. The highest BCUT2D eigenvalue weighted by atomic mass is 16.4. The van der Waals surface area contributed by atoms with Crippen LogP contribution >= 0.6 is 0 Å². The van der Waals surface area contributed by atoms with E-state index < -0.39 is 12.0 Å². The smallest absolute Gasteiger partial charge is 0.320 e. The maximum atomic E-state index is 10.7. The molecule has 0 spiro atoms. The molecule has 7 heteroatoms. The summed E-state index contributed by atoms with van der Waals surface area (Å²) in [5, 5.41) is 11.6. The summed E-state index contributed by atoms with van der Waals surface area (Å²) in [7, 11) is 0. The molecule has 0 aromatic carbocycles. The van der Waals surface area contributed by atoms with E-state index in [1.165, 1.54) is 0 Å². The first kappa shape index (κ1) is 13.7. The lowest BCUT2D eigenvalue weighted by Gasteiger charge is -2.12.